The maximum atomic E-state index is 14.7. The first kappa shape index (κ1) is 20.6. The van der Waals surface area contributed by atoms with E-state index in [1.165, 1.54) is 0 Å². The number of allylic oxidation sites excluding steroid dienone is 2. The van der Waals surface area contributed by atoms with Crippen molar-refractivity contribution < 1.29 is 43.9 Å². The van der Waals surface area contributed by atoms with Crippen molar-refractivity contribution in [2.24, 2.45) is 0 Å². The maximum Gasteiger partial charge on any atom is 0.200 e. The van der Waals surface area contributed by atoms with Crippen molar-refractivity contribution in [3.63, 3.8) is 0 Å². The highest BCUT2D eigenvalue weighted by Crippen LogP contribution is 2.56. The van der Waals surface area contributed by atoms with Crippen molar-refractivity contribution in [3.05, 3.63) is 46.3 Å². The molecule has 10 heteroatoms. The van der Waals surface area contributed by atoms with Crippen molar-refractivity contribution in [2.75, 3.05) is 0 Å². The molecule has 0 saturated carbocycles. The minimum Gasteiger partial charge on any atom is -0.243 e. The summed E-state index contributed by atoms with van der Waals surface area (Å²) in [6.07, 6.45) is -9.11. The van der Waals surface area contributed by atoms with E-state index in [9.17, 15) is 43.9 Å². The van der Waals surface area contributed by atoms with Crippen LogP contribution in [0.25, 0.3) is 0 Å². The number of rotatable bonds is 3. The Morgan fingerprint density at radius 1 is 0.654 bits per heavy atom. The van der Waals surface area contributed by atoms with Crippen LogP contribution in [0, 0.1) is 29.1 Å². The molecule has 2 rings (SSSR count). The molecule has 3 unspecified atom stereocenters. The predicted octanol–water partition coefficient (Wildman–Crippen LogP) is 5.99. The summed E-state index contributed by atoms with van der Waals surface area (Å²) >= 11 is 0. The van der Waals surface area contributed by atoms with Crippen LogP contribution in [0.1, 0.15) is 32.3 Å². The van der Waals surface area contributed by atoms with E-state index in [1.807, 2.05) is 0 Å². The van der Waals surface area contributed by atoms with Crippen molar-refractivity contribution >= 4 is 0 Å². The minimum atomic E-state index is -3.77. The van der Waals surface area contributed by atoms with Gasteiger partial charge in [-0.1, -0.05) is 13.8 Å². The zero-order valence-corrected chi connectivity index (χ0v) is 13.3. The zero-order chi connectivity index (χ0) is 20.2. The molecule has 1 aliphatic carbocycles. The highest BCUT2D eigenvalue weighted by molar-refractivity contribution is 5.45. The third kappa shape index (κ3) is 2.29. The molecule has 0 amide bonds. The molecule has 1 aromatic carbocycles. The Kier molecular flexibility index (Phi) is 5.11. The molecule has 1 aromatic rings. The van der Waals surface area contributed by atoms with Gasteiger partial charge in [-0.3, -0.25) is 0 Å². The smallest absolute Gasteiger partial charge is 0.200 e. The van der Waals surface area contributed by atoms with Gasteiger partial charge in [-0.25, -0.2) is 43.9 Å². The fourth-order valence-corrected chi connectivity index (χ4v) is 3.22. The van der Waals surface area contributed by atoms with Gasteiger partial charge in [0.25, 0.3) is 0 Å². The number of hydrogen-bond acceptors (Lipinski definition) is 0. The summed E-state index contributed by atoms with van der Waals surface area (Å²) in [5.74, 6) is -17.9. The molecule has 0 bridgehead atoms. The van der Waals surface area contributed by atoms with E-state index in [-0.39, 0.29) is 0 Å². The lowest BCUT2D eigenvalue weighted by molar-refractivity contribution is -0.0459. The van der Waals surface area contributed by atoms with Crippen LogP contribution in [0.15, 0.2) is 11.7 Å². The molecule has 0 aliphatic heterocycles. The first-order chi connectivity index (χ1) is 11.9. The molecule has 0 heterocycles. The quantitative estimate of drug-likeness (QED) is 0.336. The Labute approximate surface area is 141 Å². The second-order valence-corrected chi connectivity index (χ2v) is 5.92. The van der Waals surface area contributed by atoms with Crippen molar-refractivity contribution in [3.8, 4) is 0 Å². The van der Waals surface area contributed by atoms with Crippen LogP contribution < -0.4 is 0 Å². The van der Waals surface area contributed by atoms with E-state index in [4.69, 9.17) is 0 Å². The predicted molar refractivity (Wildman–Crippen MR) is 71.4 cm³/mol. The van der Waals surface area contributed by atoms with E-state index in [0.717, 1.165) is 13.8 Å². The lowest BCUT2D eigenvalue weighted by Crippen LogP contribution is -2.57. The highest BCUT2D eigenvalue weighted by atomic mass is 19.2. The lowest BCUT2D eigenvalue weighted by Gasteiger charge is -2.44. The maximum absolute atomic E-state index is 14.7. The Morgan fingerprint density at radius 3 is 1.46 bits per heavy atom. The summed E-state index contributed by atoms with van der Waals surface area (Å²) < 4.78 is 140. The van der Waals surface area contributed by atoms with Gasteiger partial charge in [-0.2, -0.15) is 0 Å². The number of hydrogen-bond donors (Lipinski definition) is 0. The van der Waals surface area contributed by atoms with Gasteiger partial charge in [0.15, 0.2) is 47.1 Å². The fourth-order valence-electron chi connectivity index (χ4n) is 3.22. The van der Waals surface area contributed by atoms with Gasteiger partial charge in [0.05, 0.1) is 5.41 Å². The van der Waals surface area contributed by atoms with E-state index in [2.05, 4.69) is 0 Å². The summed E-state index contributed by atoms with van der Waals surface area (Å²) in [4.78, 5) is 0. The summed E-state index contributed by atoms with van der Waals surface area (Å²) in [5, 5.41) is 0. The van der Waals surface area contributed by atoms with Crippen molar-refractivity contribution in [1.29, 1.82) is 0 Å². The molecule has 0 N–H and O–H groups in total. The van der Waals surface area contributed by atoms with Gasteiger partial charge >= 0.3 is 0 Å². The molecule has 4 atom stereocenters. The van der Waals surface area contributed by atoms with Crippen molar-refractivity contribution in [2.45, 2.75) is 50.1 Å². The molecular formula is C16H12F10. The van der Waals surface area contributed by atoms with Crippen LogP contribution in [0.3, 0.4) is 0 Å². The minimum absolute atomic E-state index is 0.807. The van der Waals surface area contributed by atoms with Crippen LogP contribution in [-0.4, -0.2) is 18.0 Å². The lowest BCUT2D eigenvalue weighted by atomic mass is 9.64. The summed E-state index contributed by atoms with van der Waals surface area (Å²) in [6, 6.07) is 0. The van der Waals surface area contributed by atoms with Gasteiger partial charge in [-0.05, 0) is 12.8 Å². The topological polar surface area (TPSA) is 0 Å². The Hall–Kier alpha value is -1.74. The highest BCUT2D eigenvalue weighted by Gasteiger charge is 2.65. The molecule has 26 heavy (non-hydrogen) atoms. The fraction of sp³-hybridized carbons (Fsp3) is 0.500. The standard InChI is InChI=1S/C16H12F10/c1-3-15(5-6(17)8(19)10(21)9(20)7(5)18)11(22)13(24)16(26,4-2)14(25)12(15)23/h11,13H,3-4H2,1-2H3/t11-,13?,15?,16?/m1/s1. The molecule has 1 aliphatic rings. The SMILES string of the molecule is CCC1(F)C(F)=C(F)C(CC)(c2c(F)c(F)c(F)c(F)c2F)[C@H](F)C1F. The molecule has 0 aromatic heterocycles. The molecule has 0 spiro atoms. The average Bonchev–Trinajstić information content (AvgIpc) is 2.64. The number of benzene rings is 1. The molecule has 146 valence electrons. The third-order valence-corrected chi connectivity index (χ3v) is 4.84. The number of halogens is 10. The summed E-state index contributed by atoms with van der Waals surface area (Å²) in [7, 11) is 0. The van der Waals surface area contributed by atoms with Crippen LogP contribution in [-0.2, 0) is 5.41 Å². The molecule has 0 saturated heterocycles. The van der Waals surface area contributed by atoms with E-state index < -0.39 is 82.6 Å². The van der Waals surface area contributed by atoms with Crippen LogP contribution >= 0.6 is 0 Å². The van der Waals surface area contributed by atoms with Gasteiger partial charge < -0.3 is 0 Å². The monoisotopic (exact) mass is 394 g/mol. The zero-order valence-electron chi connectivity index (χ0n) is 13.3. The molecular weight excluding hydrogens is 382 g/mol. The summed E-state index contributed by atoms with van der Waals surface area (Å²) in [5.41, 5.74) is -9.42. The average molecular weight is 394 g/mol. The first-order valence-electron chi connectivity index (χ1n) is 7.48. The van der Waals surface area contributed by atoms with Gasteiger partial charge in [0.2, 0.25) is 5.82 Å². The second kappa shape index (κ2) is 6.45. The third-order valence-electron chi connectivity index (χ3n) is 4.84. The molecule has 0 nitrogen and oxygen atoms in total. The van der Waals surface area contributed by atoms with Crippen LogP contribution in [0.2, 0.25) is 0 Å². The second-order valence-electron chi connectivity index (χ2n) is 5.92. The van der Waals surface area contributed by atoms with E-state index in [0.29, 0.717) is 0 Å². The summed E-state index contributed by atoms with van der Waals surface area (Å²) in [6.45, 7) is 1.67. The Balaban J connectivity index is 2.99. The Morgan fingerprint density at radius 2 is 1.08 bits per heavy atom. The van der Waals surface area contributed by atoms with Gasteiger partial charge in [0, 0.05) is 5.56 Å². The van der Waals surface area contributed by atoms with Crippen LogP contribution in [0.5, 0.6) is 0 Å². The van der Waals surface area contributed by atoms with Gasteiger partial charge in [0.1, 0.15) is 5.83 Å². The largest absolute Gasteiger partial charge is 0.243 e. The van der Waals surface area contributed by atoms with E-state index in [1.54, 1.807) is 0 Å². The first-order valence-corrected chi connectivity index (χ1v) is 7.48. The molecule has 0 fully saturated rings. The number of alkyl halides is 3. The van der Waals surface area contributed by atoms with Crippen LogP contribution in [0.4, 0.5) is 43.9 Å². The molecule has 0 radical (unpaired) electrons. The van der Waals surface area contributed by atoms with Crippen molar-refractivity contribution in [1.82, 2.24) is 0 Å². The van der Waals surface area contributed by atoms with Gasteiger partial charge in [-0.15, -0.1) is 0 Å². The van der Waals surface area contributed by atoms with E-state index >= 15 is 0 Å². The Bertz CT molecular complexity index is 744. The normalized spacial score (nSPS) is 32.3.